The molecule has 0 saturated carbocycles. The normalized spacial score (nSPS) is 16.4. The van der Waals surface area contributed by atoms with E-state index in [4.69, 9.17) is 21.1 Å². The van der Waals surface area contributed by atoms with Gasteiger partial charge in [-0.15, -0.1) is 0 Å². The number of benzene rings is 3. The summed E-state index contributed by atoms with van der Waals surface area (Å²) in [6, 6.07) is 19.1. The molecule has 1 fully saturated rings. The van der Waals surface area contributed by atoms with Gasteiger partial charge in [-0.3, -0.25) is 4.79 Å². The summed E-state index contributed by atoms with van der Waals surface area (Å²) in [6.45, 7) is 3.47. The SMILES string of the molecule is COc1ccc(C(=O)O[C@H](C)C(=O)N2CCc3ccccc32)cc1S(=O)(=O)N1CCN(c2cccc(Cl)c2)CC1. The predicted octanol–water partition coefficient (Wildman–Crippen LogP) is 3.99. The van der Waals surface area contributed by atoms with Gasteiger partial charge in [-0.05, 0) is 61.4 Å². The number of piperazine rings is 1. The van der Waals surface area contributed by atoms with Crippen LogP contribution in [0.15, 0.2) is 71.6 Å². The van der Waals surface area contributed by atoms with Crippen molar-refractivity contribution >= 4 is 44.9 Å². The van der Waals surface area contributed by atoms with Crippen molar-refractivity contribution in [2.45, 2.75) is 24.3 Å². The zero-order chi connectivity index (χ0) is 28.4. The van der Waals surface area contributed by atoms with E-state index < -0.39 is 22.1 Å². The van der Waals surface area contributed by atoms with E-state index in [2.05, 4.69) is 4.90 Å². The van der Waals surface area contributed by atoms with Gasteiger partial charge in [0.05, 0.1) is 12.7 Å². The van der Waals surface area contributed by atoms with Gasteiger partial charge in [0.25, 0.3) is 5.91 Å². The molecule has 0 aliphatic carbocycles. The first-order chi connectivity index (χ1) is 19.2. The average Bonchev–Trinajstić information content (AvgIpc) is 3.40. The third kappa shape index (κ3) is 5.52. The molecule has 1 amide bonds. The van der Waals surface area contributed by atoms with Crippen molar-refractivity contribution in [2.75, 3.05) is 49.6 Å². The van der Waals surface area contributed by atoms with Crippen LogP contribution in [0.4, 0.5) is 11.4 Å². The maximum absolute atomic E-state index is 13.7. The number of methoxy groups -OCH3 is 1. The van der Waals surface area contributed by atoms with Crippen LogP contribution in [0.5, 0.6) is 5.75 Å². The number of carbonyl (C=O) groups excluding carboxylic acids is 2. The third-order valence-corrected chi connectivity index (χ3v) is 9.37. The number of rotatable bonds is 7. The summed E-state index contributed by atoms with van der Waals surface area (Å²) in [5, 5.41) is 0.613. The van der Waals surface area contributed by atoms with E-state index in [9.17, 15) is 18.0 Å². The molecule has 2 heterocycles. The van der Waals surface area contributed by atoms with Crippen LogP contribution in [0.2, 0.25) is 5.02 Å². The van der Waals surface area contributed by atoms with Crippen molar-refractivity contribution in [3.8, 4) is 5.75 Å². The molecule has 3 aromatic carbocycles. The highest BCUT2D eigenvalue weighted by molar-refractivity contribution is 7.89. The monoisotopic (exact) mass is 583 g/mol. The van der Waals surface area contributed by atoms with Crippen molar-refractivity contribution in [1.29, 1.82) is 0 Å². The van der Waals surface area contributed by atoms with Gasteiger partial charge >= 0.3 is 5.97 Å². The number of amides is 1. The summed E-state index contributed by atoms with van der Waals surface area (Å²) in [5.74, 6) is -1.01. The van der Waals surface area contributed by atoms with Crippen LogP contribution in [0.25, 0.3) is 0 Å². The number of ether oxygens (including phenoxy) is 2. The Morgan fingerprint density at radius 2 is 1.68 bits per heavy atom. The zero-order valence-electron chi connectivity index (χ0n) is 22.2. The number of anilines is 2. The molecule has 3 aromatic rings. The van der Waals surface area contributed by atoms with Gasteiger partial charge in [-0.1, -0.05) is 35.9 Å². The molecule has 0 radical (unpaired) electrons. The molecule has 2 aliphatic heterocycles. The molecule has 1 atom stereocenters. The van der Waals surface area contributed by atoms with E-state index in [0.29, 0.717) is 24.7 Å². The largest absolute Gasteiger partial charge is 0.495 e. The van der Waals surface area contributed by atoms with Gasteiger partial charge in [0, 0.05) is 49.1 Å². The minimum atomic E-state index is -3.99. The molecule has 5 rings (SSSR count). The van der Waals surface area contributed by atoms with Crippen LogP contribution in [0, 0.1) is 0 Å². The average molecular weight is 584 g/mol. The quantitative estimate of drug-likeness (QED) is 0.388. The fourth-order valence-corrected chi connectivity index (χ4v) is 6.86. The lowest BCUT2D eigenvalue weighted by Crippen LogP contribution is -2.48. The summed E-state index contributed by atoms with van der Waals surface area (Å²) in [5.41, 5.74) is 2.81. The predicted molar refractivity (Wildman–Crippen MR) is 153 cm³/mol. The number of fused-ring (bicyclic) bond motifs is 1. The number of hydrogen-bond acceptors (Lipinski definition) is 7. The van der Waals surface area contributed by atoms with E-state index in [1.54, 1.807) is 11.0 Å². The number of halogens is 1. The molecule has 9 nitrogen and oxygen atoms in total. The lowest BCUT2D eigenvalue weighted by Gasteiger charge is -2.35. The van der Waals surface area contributed by atoms with Crippen molar-refractivity contribution in [3.05, 3.63) is 82.9 Å². The Labute approximate surface area is 238 Å². The second-order valence-corrected chi connectivity index (χ2v) is 12.0. The van der Waals surface area contributed by atoms with Gasteiger partial charge < -0.3 is 19.3 Å². The number of hydrogen-bond donors (Lipinski definition) is 0. The van der Waals surface area contributed by atoms with Gasteiger partial charge in [0.1, 0.15) is 10.6 Å². The Morgan fingerprint density at radius 3 is 2.40 bits per heavy atom. The number of sulfonamides is 1. The molecule has 11 heteroatoms. The van der Waals surface area contributed by atoms with Gasteiger partial charge in [-0.2, -0.15) is 4.31 Å². The van der Waals surface area contributed by atoms with Gasteiger partial charge in [0.2, 0.25) is 10.0 Å². The molecule has 2 aliphatic rings. The maximum Gasteiger partial charge on any atom is 0.338 e. The van der Waals surface area contributed by atoms with Crippen LogP contribution in [-0.4, -0.2) is 70.5 Å². The lowest BCUT2D eigenvalue weighted by molar-refractivity contribution is -0.126. The zero-order valence-corrected chi connectivity index (χ0v) is 23.8. The second-order valence-electron chi connectivity index (χ2n) is 9.65. The van der Waals surface area contributed by atoms with Crippen molar-refractivity contribution < 1.29 is 27.5 Å². The van der Waals surface area contributed by atoms with E-state index >= 15 is 0 Å². The number of esters is 1. The molecule has 210 valence electrons. The number of carbonyl (C=O) groups is 2. The molecule has 0 aromatic heterocycles. The molecule has 0 bridgehead atoms. The molecular formula is C29H30ClN3O6S. The first-order valence-corrected chi connectivity index (χ1v) is 14.8. The van der Waals surface area contributed by atoms with E-state index in [0.717, 1.165) is 23.4 Å². The van der Waals surface area contributed by atoms with Crippen LogP contribution >= 0.6 is 11.6 Å². The molecule has 0 N–H and O–H groups in total. The minimum Gasteiger partial charge on any atom is -0.495 e. The fraction of sp³-hybridized carbons (Fsp3) is 0.310. The van der Waals surface area contributed by atoms with E-state index in [-0.39, 0.29) is 35.2 Å². The second kappa shape index (κ2) is 11.5. The highest BCUT2D eigenvalue weighted by Crippen LogP contribution is 2.31. The Hall–Kier alpha value is -3.60. The minimum absolute atomic E-state index is 0.0124. The molecule has 40 heavy (non-hydrogen) atoms. The van der Waals surface area contributed by atoms with Crippen molar-refractivity contribution in [1.82, 2.24) is 4.31 Å². The first-order valence-electron chi connectivity index (χ1n) is 13.0. The standard InChI is InChI=1S/C29H30ClN3O6S/c1-20(28(34)33-13-12-21-6-3-4-9-25(21)33)39-29(35)22-10-11-26(38-2)27(18-22)40(36,37)32-16-14-31(15-17-32)24-8-5-7-23(30)19-24/h3-11,18-20H,12-17H2,1-2H3/t20-/m1/s1. The van der Waals surface area contributed by atoms with Crippen LogP contribution in [0.1, 0.15) is 22.8 Å². The summed E-state index contributed by atoms with van der Waals surface area (Å²) in [7, 11) is -2.62. The maximum atomic E-state index is 13.7. The van der Waals surface area contributed by atoms with Crippen LogP contribution in [0.3, 0.4) is 0 Å². The molecule has 0 unspecified atom stereocenters. The summed E-state index contributed by atoms with van der Waals surface area (Å²) in [4.78, 5) is 29.7. The summed E-state index contributed by atoms with van der Waals surface area (Å²) < 4.78 is 39.5. The molecular weight excluding hydrogens is 554 g/mol. The van der Waals surface area contributed by atoms with Crippen LogP contribution in [-0.2, 0) is 26.0 Å². The van der Waals surface area contributed by atoms with Gasteiger partial charge in [-0.25, -0.2) is 13.2 Å². The Kier molecular flexibility index (Phi) is 8.02. The topological polar surface area (TPSA) is 96.5 Å². The Bertz CT molecular complexity index is 1540. The molecule has 1 saturated heterocycles. The van der Waals surface area contributed by atoms with Crippen LogP contribution < -0.4 is 14.5 Å². The Balaban J connectivity index is 1.30. The summed E-state index contributed by atoms with van der Waals surface area (Å²) in [6.07, 6.45) is -0.323. The van der Waals surface area contributed by atoms with Gasteiger partial charge in [0.15, 0.2) is 6.10 Å². The molecule has 0 spiro atoms. The van der Waals surface area contributed by atoms with Crippen molar-refractivity contribution in [3.63, 3.8) is 0 Å². The highest BCUT2D eigenvalue weighted by Gasteiger charge is 2.33. The first kappa shape index (κ1) is 27.9. The highest BCUT2D eigenvalue weighted by atomic mass is 35.5. The number of nitrogens with zero attached hydrogens (tertiary/aromatic N) is 3. The number of para-hydroxylation sites is 1. The smallest absolute Gasteiger partial charge is 0.338 e. The van der Waals surface area contributed by atoms with E-state index in [1.807, 2.05) is 42.5 Å². The third-order valence-electron chi connectivity index (χ3n) is 7.21. The lowest BCUT2D eigenvalue weighted by atomic mass is 10.2. The van der Waals surface area contributed by atoms with Crippen molar-refractivity contribution in [2.24, 2.45) is 0 Å². The van der Waals surface area contributed by atoms with E-state index in [1.165, 1.54) is 36.5 Å². The summed E-state index contributed by atoms with van der Waals surface area (Å²) >= 11 is 6.12. The Morgan fingerprint density at radius 1 is 0.925 bits per heavy atom. The fourth-order valence-electron chi connectivity index (χ4n) is 5.07.